The molecule has 0 aliphatic rings. The lowest BCUT2D eigenvalue weighted by atomic mass is 9.96. The van der Waals surface area contributed by atoms with E-state index in [0.29, 0.717) is 12.4 Å². The minimum atomic E-state index is -0.324. The van der Waals surface area contributed by atoms with Crippen molar-refractivity contribution >= 4 is 28.8 Å². The molecule has 1 heterocycles. The minimum absolute atomic E-state index is 0.0980. The van der Waals surface area contributed by atoms with Crippen LogP contribution in [0.25, 0.3) is 11.0 Å². The van der Waals surface area contributed by atoms with Crippen molar-refractivity contribution in [2.75, 3.05) is 11.9 Å². The number of nitrogens with one attached hydrogen (secondary N) is 3. The predicted octanol–water partition coefficient (Wildman–Crippen LogP) is 2.81. The second-order valence-corrected chi connectivity index (χ2v) is 5.74. The number of anilines is 1. The van der Waals surface area contributed by atoms with Gasteiger partial charge in [-0.25, -0.2) is 4.98 Å². The fourth-order valence-corrected chi connectivity index (χ4v) is 2.74. The molecule has 2 amide bonds. The molecule has 3 aromatic rings. The summed E-state index contributed by atoms with van der Waals surface area (Å²) in [4.78, 5) is 31.7. The van der Waals surface area contributed by atoms with Gasteiger partial charge in [-0.3, -0.25) is 14.9 Å². The first-order valence-corrected chi connectivity index (χ1v) is 8.24. The molecule has 0 fully saturated rings. The molecule has 2 aromatic carbocycles. The van der Waals surface area contributed by atoms with E-state index in [1.54, 1.807) is 0 Å². The highest BCUT2D eigenvalue weighted by Crippen LogP contribution is 2.19. The Morgan fingerprint density at radius 2 is 1.80 bits per heavy atom. The smallest absolute Gasteiger partial charge is 0.246 e. The van der Waals surface area contributed by atoms with Crippen LogP contribution in [0.15, 0.2) is 54.6 Å². The molecule has 128 valence electrons. The SMILES string of the molecule is CC[C@@H](C(=O)NCC(=O)Nc1nc2ccccc2[nH]1)c1ccccc1. The topological polar surface area (TPSA) is 86.9 Å². The fourth-order valence-electron chi connectivity index (χ4n) is 2.74. The molecule has 0 aliphatic heterocycles. The Hall–Kier alpha value is -3.15. The van der Waals surface area contributed by atoms with Crippen LogP contribution in [-0.4, -0.2) is 28.3 Å². The molecule has 3 N–H and O–H groups in total. The first kappa shape index (κ1) is 16.7. The number of amides is 2. The molecule has 6 nitrogen and oxygen atoms in total. The highest BCUT2D eigenvalue weighted by molar-refractivity contribution is 5.95. The Balaban J connectivity index is 1.57. The Labute approximate surface area is 145 Å². The van der Waals surface area contributed by atoms with E-state index in [2.05, 4.69) is 20.6 Å². The Kier molecular flexibility index (Phi) is 5.09. The zero-order chi connectivity index (χ0) is 17.6. The van der Waals surface area contributed by atoms with Gasteiger partial charge in [0.15, 0.2) is 0 Å². The maximum atomic E-state index is 12.4. The van der Waals surface area contributed by atoms with Crippen molar-refractivity contribution in [3.8, 4) is 0 Å². The quantitative estimate of drug-likeness (QED) is 0.647. The van der Waals surface area contributed by atoms with Gasteiger partial charge in [-0.1, -0.05) is 49.4 Å². The summed E-state index contributed by atoms with van der Waals surface area (Å²) in [7, 11) is 0. The van der Waals surface area contributed by atoms with Crippen molar-refractivity contribution in [1.29, 1.82) is 0 Å². The van der Waals surface area contributed by atoms with E-state index >= 15 is 0 Å². The molecular formula is C19H20N4O2. The highest BCUT2D eigenvalue weighted by atomic mass is 16.2. The van der Waals surface area contributed by atoms with E-state index in [1.165, 1.54) is 0 Å². The average Bonchev–Trinajstić information content (AvgIpc) is 3.03. The van der Waals surface area contributed by atoms with Crippen LogP contribution in [0.2, 0.25) is 0 Å². The van der Waals surface area contributed by atoms with Gasteiger partial charge in [0.2, 0.25) is 17.8 Å². The first-order chi connectivity index (χ1) is 12.2. The molecule has 0 saturated heterocycles. The van der Waals surface area contributed by atoms with Gasteiger partial charge in [-0.05, 0) is 24.1 Å². The molecule has 25 heavy (non-hydrogen) atoms. The summed E-state index contributed by atoms with van der Waals surface area (Å²) in [5.74, 6) is -0.375. The molecule has 1 atom stereocenters. The van der Waals surface area contributed by atoms with Gasteiger partial charge in [0, 0.05) is 0 Å². The number of hydrogen-bond donors (Lipinski definition) is 3. The molecule has 0 spiro atoms. The summed E-state index contributed by atoms with van der Waals surface area (Å²) in [5.41, 5.74) is 2.56. The number of hydrogen-bond acceptors (Lipinski definition) is 3. The van der Waals surface area contributed by atoms with Gasteiger partial charge in [0.05, 0.1) is 23.5 Å². The summed E-state index contributed by atoms with van der Waals surface area (Å²) in [6, 6.07) is 17.1. The third-order valence-corrected chi connectivity index (χ3v) is 4.00. The van der Waals surface area contributed by atoms with Crippen LogP contribution in [-0.2, 0) is 9.59 Å². The molecule has 0 bridgehead atoms. The van der Waals surface area contributed by atoms with Crippen LogP contribution >= 0.6 is 0 Å². The zero-order valence-corrected chi connectivity index (χ0v) is 14.0. The Bertz CT molecular complexity index is 840. The van der Waals surface area contributed by atoms with E-state index in [9.17, 15) is 9.59 Å². The number of fused-ring (bicyclic) bond motifs is 1. The van der Waals surface area contributed by atoms with Crippen LogP contribution < -0.4 is 10.6 Å². The van der Waals surface area contributed by atoms with Gasteiger partial charge >= 0.3 is 0 Å². The largest absolute Gasteiger partial charge is 0.346 e. The van der Waals surface area contributed by atoms with Crippen LogP contribution in [0, 0.1) is 0 Å². The lowest BCUT2D eigenvalue weighted by Crippen LogP contribution is -2.36. The van der Waals surface area contributed by atoms with E-state index in [-0.39, 0.29) is 24.3 Å². The molecule has 0 radical (unpaired) electrons. The zero-order valence-electron chi connectivity index (χ0n) is 14.0. The summed E-state index contributed by atoms with van der Waals surface area (Å²) in [6.45, 7) is 1.85. The van der Waals surface area contributed by atoms with Crippen LogP contribution in [0.4, 0.5) is 5.95 Å². The van der Waals surface area contributed by atoms with Gasteiger partial charge in [0.25, 0.3) is 0 Å². The van der Waals surface area contributed by atoms with Crippen molar-refractivity contribution < 1.29 is 9.59 Å². The van der Waals surface area contributed by atoms with Crippen LogP contribution in [0.5, 0.6) is 0 Å². The molecular weight excluding hydrogens is 316 g/mol. The van der Waals surface area contributed by atoms with Gasteiger partial charge in [0.1, 0.15) is 0 Å². The van der Waals surface area contributed by atoms with Crippen molar-refractivity contribution in [1.82, 2.24) is 15.3 Å². The van der Waals surface area contributed by atoms with Gasteiger partial charge < -0.3 is 10.3 Å². The van der Waals surface area contributed by atoms with Crippen LogP contribution in [0.1, 0.15) is 24.8 Å². The maximum Gasteiger partial charge on any atom is 0.246 e. The lowest BCUT2D eigenvalue weighted by Gasteiger charge is -2.15. The molecule has 0 saturated carbocycles. The van der Waals surface area contributed by atoms with Crippen molar-refractivity contribution in [3.63, 3.8) is 0 Å². The van der Waals surface area contributed by atoms with Gasteiger partial charge in [-0.2, -0.15) is 0 Å². The maximum absolute atomic E-state index is 12.4. The number of rotatable bonds is 6. The predicted molar refractivity (Wildman–Crippen MR) is 97.2 cm³/mol. The molecule has 0 aliphatic carbocycles. The minimum Gasteiger partial charge on any atom is -0.346 e. The third-order valence-electron chi connectivity index (χ3n) is 4.00. The molecule has 6 heteroatoms. The number of nitrogens with zero attached hydrogens (tertiary/aromatic N) is 1. The number of para-hydroxylation sites is 2. The number of benzene rings is 2. The van der Waals surface area contributed by atoms with E-state index in [1.807, 2.05) is 61.5 Å². The van der Waals surface area contributed by atoms with E-state index < -0.39 is 0 Å². The Morgan fingerprint density at radius 1 is 1.08 bits per heavy atom. The van der Waals surface area contributed by atoms with Crippen molar-refractivity contribution in [3.05, 3.63) is 60.2 Å². The number of carbonyl (C=O) groups excluding carboxylic acids is 2. The standard InChI is InChI=1S/C19H20N4O2/c1-2-14(13-8-4-3-5-9-13)18(25)20-12-17(24)23-19-21-15-10-6-7-11-16(15)22-19/h3-11,14H,2,12H2,1H3,(H,20,25)(H2,21,22,23,24)/t14-/m1/s1. The average molecular weight is 336 g/mol. The number of aromatic amines is 1. The summed E-state index contributed by atoms with van der Waals surface area (Å²) >= 11 is 0. The summed E-state index contributed by atoms with van der Waals surface area (Å²) in [5, 5.41) is 5.36. The second-order valence-electron chi connectivity index (χ2n) is 5.74. The monoisotopic (exact) mass is 336 g/mol. The molecule has 3 rings (SSSR count). The number of carbonyl (C=O) groups is 2. The van der Waals surface area contributed by atoms with Crippen molar-refractivity contribution in [2.45, 2.75) is 19.3 Å². The highest BCUT2D eigenvalue weighted by Gasteiger charge is 2.19. The summed E-state index contributed by atoms with van der Waals surface area (Å²) in [6.07, 6.45) is 0.668. The number of aromatic nitrogens is 2. The number of H-pyrrole nitrogens is 1. The second kappa shape index (κ2) is 7.61. The van der Waals surface area contributed by atoms with E-state index in [4.69, 9.17) is 0 Å². The Morgan fingerprint density at radius 3 is 2.52 bits per heavy atom. The first-order valence-electron chi connectivity index (χ1n) is 8.24. The van der Waals surface area contributed by atoms with Crippen LogP contribution in [0.3, 0.4) is 0 Å². The normalized spacial score (nSPS) is 11.9. The van der Waals surface area contributed by atoms with Gasteiger partial charge in [-0.15, -0.1) is 0 Å². The molecule has 0 unspecified atom stereocenters. The van der Waals surface area contributed by atoms with E-state index in [0.717, 1.165) is 16.6 Å². The summed E-state index contributed by atoms with van der Waals surface area (Å²) < 4.78 is 0. The third kappa shape index (κ3) is 4.03. The lowest BCUT2D eigenvalue weighted by molar-refractivity contribution is -0.125. The van der Waals surface area contributed by atoms with Crippen molar-refractivity contribution in [2.24, 2.45) is 0 Å². The fraction of sp³-hybridized carbons (Fsp3) is 0.211. The molecule has 1 aromatic heterocycles. The number of imidazole rings is 1.